The van der Waals surface area contributed by atoms with Crippen LogP contribution in [-0.2, 0) is 22.5 Å². The molecule has 0 amide bonds. The topological polar surface area (TPSA) is 91.2 Å². The molecule has 1 heterocycles. The number of aromatic nitrogens is 1. The Kier molecular flexibility index (Phi) is 4.96. The standard InChI is InChI=1S/C11H15F2N3O2/c1-2-18-9(17)3-8-10(11(12)13)6(4-14)7(15)5-16-8/h5,11H,2-4,14-15H2,1H3. The van der Waals surface area contributed by atoms with Crippen molar-refractivity contribution in [1.29, 1.82) is 0 Å². The van der Waals surface area contributed by atoms with Crippen LogP contribution in [0.4, 0.5) is 14.5 Å². The number of rotatable bonds is 5. The van der Waals surface area contributed by atoms with Crippen molar-refractivity contribution in [3.05, 3.63) is 23.0 Å². The van der Waals surface area contributed by atoms with Gasteiger partial charge in [-0.1, -0.05) is 0 Å². The highest BCUT2D eigenvalue weighted by Crippen LogP contribution is 2.29. The molecule has 0 fully saturated rings. The fraction of sp³-hybridized carbons (Fsp3) is 0.455. The first kappa shape index (κ1) is 14.3. The monoisotopic (exact) mass is 259 g/mol. The maximum Gasteiger partial charge on any atom is 0.311 e. The summed E-state index contributed by atoms with van der Waals surface area (Å²) in [6.45, 7) is 1.68. The van der Waals surface area contributed by atoms with Crippen molar-refractivity contribution in [3.8, 4) is 0 Å². The quantitative estimate of drug-likeness (QED) is 0.774. The molecule has 0 unspecified atom stereocenters. The molecule has 100 valence electrons. The Hall–Kier alpha value is -1.76. The van der Waals surface area contributed by atoms with Crippen LogP contribution in [0.3, 0.4) is 0 Å². The van der Waals surface area contributed by atoms with Gasteiger partial charge in [-0.3, -0.25) is 9.78 Å². The Morgan fingerprint density at radius 2 is 2.22 bits per heavy atom. The molecule has 18 heavy (non-hydrogen) atoms. The number of carbonyl (C=O) groups excluding carboxylic acids is 1. The van der Waals surface area contributed by atoms with Gasteiger partial charge < -0.3 is 16.2 Å². The van der Waals surface area contributed by atoms with Crippen LogP contribution in [-0.4, -0.2) is 17.6 Å². The third-order valence-electron chi connectivity index (χ3n) is 2.38. The molecular formula is C11H15F2N3O2. The van der Waals surface area contributed by atoms with E-state index in [1.165, 1.54) is 6.20 Å². The van der Waals surface area contributed by atoms with E-state index in [9.17, 15) is 13.6 Å². The number of anilines is 1. The number of nitrogen functional groups attached to an aromatic ring is 1. The smallest absolute Gasteiger partial charge is 0.311 e. The number of esters is 1. The summed E-state index contributed by atoms with van der Waals surface area (Å²) in [7, 11) is 0. The van der Waals surface area contributed by atoms with Crippen molar-refractivity contribution in [2.75, 3.05) is 12.3 Å². The van der Waals surface area contributed by atoms with Crippen molar-refractivity contribution in [1.82, 2.24) is 4.98 Å². The van der Waals surface area contributed by atoms with E-state index < -0.39 is 12.4 Å². The highest BCUT2D eigenvalue weighted by molar-refractivity contribution is 5.73. The number of hydrogen-bond donors (Lipinski definition) is 2. The third kappa shape index (κ3) is 3.13. The zero-order valence-corrected chi connectivity index (χ0v) is 9.95. The lowest BCUT2D eigenvalue weighted by Gasteiger charge is -2.14. The molecule has 1 aromatic heterocycles. The van der Waals surface area contributed by atoms with Crippen LogP contribution in [0.15, 0.2) is 6.20 Å². The summed E-state index contributed by atoms with van der Waals surface area (Å²) in [5.41, 5.74) is 10.7. The summed E-state index contributed by atoms with van der Waals surface area (Å²) in [5, 5.41) is 0. The predicted octanol–water partition coefficient (Wildman–Crippen LogP) is 1.17. The third-order valence-corrected chi connectivity index (χ3v) is 2.38. The van der Waals surface area contributed by atoms with Crippen LogP contribution in [0, 0.1) is 0 Å². The van der Waals surface area contributed by atoms with Crippen LogP contribution < -0.4 is 11.5 Å². The molecule has 1 rings (SSSR count). The van der Waals surface area contributed by atoms with Crippen molar-refractivity contribution in [3.63, 3.8) is 0 Å². The normalized spacial score (nSPS) is 10.7. The summed E-state index contributed by atoms with van der Waals surface area (Å²) in [6.07, 6.45) is -1.88. The Morgan fingerprint density at radius 3 is 2.72 bits per heavy atom. The molecule has 0 aromatic carbocycles. The van der Waals surface area contributed by atoms with E-state index in [-0.39, 0.29) is 42.1 Å². The summed E-state index contributed by atoms with van der Waals surface area (Å²) in [4.78, 5) is 15.1. The van der Waals surface area contributed by atoms with E-state index in [1.807, 2.05) is 0 Å². The molecule has 0 spiro atoms. The first-order valence-electron chi connectivity index (χ1n) is 5.41. The molecule has 0 radical (unpaired) electrons. The van der Waals surface area contributed by atoms with Crippen molar-refractivity contribution in [2.24, 2.45) is 5.73 Å². The highest BCUT2D eigenvalue weighted by atomic mass is 19.3. The second-order valence-electron chi connectivity index (χ2n) is 3.54. The molecule has 4 N–H and O–H groups in total. The number of nitrogens with two attached hydrogens (primary N) is 2. The van der Waals surface area contributed by atoms with Crippen LogP contribution in [0.1, 0.15) is 30.2 Å². The van der Waals surface area contributed by atoms with E-state index >= 15 is 0 Å². The number of carbonyl (C=O) groups is 1. The first-order valence-corrected chi connectivity index (χ1v) is 5.41. The van der Waals surface area contributed by atoms with Gasteiger partial charge >= 0.3 is 5.97 Å². The first-order chi connectivity index (χ1) is 8.51. The Morgan fingerprint density at radius 1 is 1.56 bits per heavy atom. The Labute approximate surface area is 103 Å². The number of ether oxygens (including phenoxy) is 1. The van der Waals surface area contributed by atoms with E-state index in [4.69, 9.17) is 16.2 Å². The molecule has 0 atom stereocenters. The molecule has 5 nitrogen and oxygen atoms in total. The Balaban J connectivity index is 3.15. The highest BCUT2D eigenvalue weighted by Gasteiger charge is 2.22. The maximum absolute atomic E-state index is 13.0. The summed E-state index contributed by atoms with van der Waals surface area (Å²) in [6, 6.07) is 0. The van der Waals surface area contributed by atoms with Crippen LogP contribution in [0.5, 0.6) is 0 Å². The summed E-state index contributed by atoms with van der Waals surface area (Å²) >= 11 is 0. The number of hydrogen-bond acceptors (Lipinski definition) is 5. The van der Waals surface area contributed by atoms with Gasteiger partial charge in [-0.25, -0.2) is 8.78 Å². The maximum atomic E-state index is 13.0. The SMILES string of the molecule is CCOC(=O)Cc1ncc(N)c(CN)c1C(F)F. The lowest BCUT2D eigenvalue weighted by atomic mass is 10.0. The van der Waals surface area contributed by atoms with Gasteiger partial charge in [-0.2, -0.15) is 0 Å². The summed E-state index contributed by atoms with van der Waals surface area (Å²) < 4.78 is 30.7. The largest absolute Gasteiger partial charge is 0.466 e. The second kappa shape index (κ2) is 6.25. The minimum absolute atomic E-state index is 0.0434. The number of halogens is 2. The van der Waals surface area contributed by atoms with Gasteiger partial charge in [-0.15, -0.1) is 0 Å². The molecule has 1 aromatic rings. The molecule has 0 saturated heterocycles. The number of pyridine rings is 1. The average Bonchev–Trinajstić information content (AvgIpc) is 2.30. The number of nitrogens with zero attached hydrogens (tertiary/aromatic N) is 1. The molecule has 0 aliphatic heterocycles. The van der Waals surface area contributed by atoms with Gasteiger partial charge in [-0.05, 0) is 6.92 Å². The van der Waals surface area contributed by atoms with E-state index in [1.54, 1.807) is 6.92 Å². The second-order valence-corrected chi connectivity index (χ2v) is 3.54. The van der Waals surface area contributed by atoms with Gasteiger partial charge in [0.05, 0.1) is 30.6 Å². The van der Waals surface area contributed by atoms with Gasteiger partial charge in [0, 0.05) is 17.7 Å². The lowest BCUT2D eigenvalue weighted by molar-refractivity contribution is -0.142. The van der Waals surface area contributed by atoms with Crippen molar-refractivity contribution in [2.45, 2.75) is 26.3 Å². The van der Waals surface area contributed by atoms with Crippen molar-refractivity contribution >= 4 is 11.7 Å². The minimum Gasteiger partial charge on any atom is -0.466 e. The van der Waals surface area contributed by atoms with Gasteiger partial charge in [0.15, 0.2) is 0 Å². The minimum atomic E-state index is -2.79. The molecular weight excluding hydrogens is 244 g/mol. The molecule has 0 aliphatic rings. The van der Waals surface area contributed by atoms with Gasteiger partial charge in [0.1, 0.15) is 0 Å². The zero-order valence-electron chi connectivity index (χ0n) is 9.95. The fourth-order valence-electron chi connectivity index (χ4n) is 1.60. The molecule has 7 heteroatoms. The predicted molar refractivity (Wildman–Crippen MR) is 61.8 cm³/mol. The zero-order chi connectivity index (χ0) is 13.7. The van der Waals surface area contributed by atoms with E-state index in [0.29, 0.717) is 0 Å². The molecule has 0 saturated carbocycles. The van der Waals surface area contributed by atoms with Crippen LogP contribution >= 0.6 is 0 Å². The number of alkyl halides is 2. The van der Waals surface area contributed by atoms with Crippen LogP contribution in [0.2, 0.25) is 0 Å². The summed E-state index contributed by atoms with van der Waals surface area (Å²) in [5.74, 6) is -0.611. The molecule has 0 aliphatic carbocycles. The van der Waals surface area contributed by atoms with Gasteiger partial charge in [0.25, 0.3) is 6.43 Å². The van der Waals surface area contributed by atoms with E-state index in [0.717, 1.165) is 0 Å². The van der Waals surface area contributed by atoms with Crippen LogP contribution in [0.25, 0.3) is 0 Å². The lowest BCUT2D eigenvalue weighted by Crippen LogP contribution is -2.15. The van der Waals surface area contributed by atoms with Gasteiger partial charge in [0.2, 0.25) is 0 Å². The molecule has 0 bridgehead atoms. The van der Waals surface area contributed by atoms with Crippen molar-refractivity contribution < 1.29 is 18.3 Å². The average molecular weight is 259 g/mol. The Bertz CT molecular complexity index is 439. The van der Waals surface area contributed by atoms with E-state index in [2.05, 4.69) is 4.98 Å². The fourth-order valence-corrected chi connectivity index (χ4v) is 1.60.